The molecule has 0 bridgehead atoms. The van der Waals surface area contributed by atoms with E-state index in [1.54, 1.807) is 0 Å². The third-order valence-electron chi connectivity index (χ3n) is 5.81. The number of rotatable bonds is 7. The van der Waals surface area contributed by atoms with Gasteiger partial charge in [0, 0.05) is 57.1 Å². The SMILES string of the molecule is O=C(CN1CCN(CCOc2ccccc2)CC1)N1CCC[C@H](c2csnn2)C1. The van der Waals surface area contributed by atoms with Crippen molar-refractivity contribution < 1.29 is 9.53 Å². The molecule has 8 heteroatoms. The van der Waals surface area contributed by atoms with E-state index in [-0.39, 0.29) is 5.91 Å². The molecule has 1 amide bonds. The van der Waals surface area contributed by atoms with Gasteiger partial charge >= 0.3 is 0 Å². The second-order valence-electron chi connectivity index (χ2n) is 7.79. The molecule has 29 heavy (non-hydrogen) atoms. The topological polar surface area (TPSA) is 61.8 Å². The lowest BCUT2D eigenvalue weighted by molar-refractivity contribution is -0.134. The molecular formula is C21H29N5O2S. The summed E-state index contributed by atoms with van der Waals surface area (Å²) in [6, 6.07) is 9.94. The smallest absolute Gasteiger partial charge is 0.236 e. The predicted molar refractivity (Wildman–Crippen MR) is 113 cm³/mol. The highest BCUT2D eigenvalue weighted by Crippen LogP contribution is 2.26. The number of ether oxygens (including phenoxy) is 1. The Morgan fingerprint density at radius 2 is 1.90 bits per heavy atom. The average Bonchev–Trinajstić information content (AvgIpc) is 3.31. The first-order valence-electron chi connectivity index (χ1n) is 10.5. The van der Waals surface area contributed by atoms with E-state index in [1.807, 2.05) is 40.6 Å². The Morgan fingerprint density at radius 3 is 2.66 bits per heavy atom. The summed E-state index contributed by atoms with van der Waals surface area (Å²) in [7, 11) is 0. The molecule has 0 N–H and O–H groups in total. The maximum Gasteiger partial charge on any atom is 0.236 e. The maximum atomic E-state index is 12.8. The number of nitrogens with zero attached hydrogens (tertiary/aromatic N) is 5. The molecule has 156 valence electrons. The molecule has 1 aromatic carbocycles. The molecule has 0 saturated carbocycles. The highest BCUT2D eigenvalue weighted by Gasteiger charge is 2.28. The maximum absolute atomic E-state index is 12.8. The van der Waals surface area contributed by atoms with Gasteiger partial charge in [-0.3, -0.25) is 14.6 Å². The van der Waals surface area contributed by atoms with Gasteiger partial charge in [0.15, 0.2) is 0 Å². The van der Waals surface area contributed by atoms with E-state index >= 15 is 0 Å². The van der Waals surface area contributed by atoms with Crippen molar-refractivity contribution in [3.8, 4) is 5.75 Å². The minimum Gasteiger partial charge on any atom is -0.492 e. The summed E-state index contributed by atoms with van der Waals surface area (Å²) in [5, 5.41) is 6.22. The molecule has 3 heterocycles. The van der Waals surface area contributed by atoms with E-state index in [4.69, 9.17) is 4.74 Å². The zero-order chi connectivity index (χ0) is 19.9. The molecule has 2 saturated heterocycles. The van der Waals surface area contributed by atoms with Gasteiger partial charge in [0.25, 0.3) is 0 Å². The van der Waals surface area contributed by atoms with Crippen molar-refractivity contribution in [1.29, 1.82) is 0 Å². The number of hydrogen-bond acceptors (Lipinski definition) is 7. The highest BCUT2D eigenvalue weighted by atomic mass is 32.1. The van der Waals surface area contributed by atoms with Crippen molar-refractivity contribution in [1.82, 2.24) is 24.3 Å². The van der Waals surface area contributed by atoms with Crippen LogP contribution < -0.4 is 4.74 Å². The number of hydrogen-bond donors (Lipinski definition) is 0. The number of piperazine rings is 1. The molecule has 4 rings (SSSR count). The molecular weight excluding hydrogens is 386 g/mol. The quantitative estimate of drug-likeness (QED) is 0.689. The van der Waals surface area contributed by atoms with E-state index in [0.717, 1.165) is 70.1 Å². The molecule has 2 aliphatic rings. The van der Waals surface area contributed by atoms with Crippen molar-refractivity contribution in [2.75, 3.05) is 59.0 Å². The number of carbonyl (C=O) groups excluding carboxylic acids is 1. The van der Waals surface area contributed by atoms with Crippen LogP contribution in [-0.4, -0.2) is 89.2 Å². The Bertz CT molecular complexity index is 750. The molecule has 7 nitrogen and oxygen atoms in total. The average molecular weight is 416 g/mol. The summed E-state index contributed by atoms with van der Waals surface area (Å²) >= 11 is 1.39. The first-order valence-corrected chi connectivity index (χ1v) is 11.3. The first kappa shape index (κ1) is 20.3. The molecule has 0 spiro atoms. The zero-order valence-electron chi connectivity index (χ0n) is 16.8. The van der Waals surface area contributed by atoms with E-state index in [1.165, 1.54) is 11.5 Å². The lowest BCUT2D eigenvalue weighted by Gasteiger charge is -2.37. The minimum absolute atomic E-state index is 0.249. The van der Waals surface area contributed by atoms with Crippen molar-refractivity contribution in [2.45, 2.75) is 18.8 Å². The molecule has 2 fully saturated rings. The predicted octanol–water partition coefficient (Wildman–Crippen LogP) is 1.94. The fourth-order valence-electron chi connectivity index (χ4n) is 4.07. The van der Waals surface area contributed by atoms with E-state index in [2.05, 4.69) is 19.4 Å². The van der Waals surface area contributed by atoms with Crippen LogP contribution in [0.15, 0.2) is 35.7 Å². The monoisotopic (exact) mass is 415 g/mol. The van der Waals surface area contributed by atoms with Crippen molar-refractivity contribution >= 4 is 17.4 Å². The fraction of sp³-hybridized carbons (Fsp3) is 0.571. The van der Waals surface area contributed by atoms with Crippen LogP contribution in [0.3, 0.4) is 0 Å². The van der Waals surface area contributed by atoms with Crippen molar-refractivity contribution in [2.24, 2.45) is 0 Å². The molecule has 0 aliphatic carbocycles. The Labute approximate surface area is 176 Å². The van der Waals surface area contributed by atoms with E-state index in [0.29, 0.717) is 19.1 Å². The third kappa shape index (κ3) is 5.74. The van der Waals surface area contributed by atoms with Gasteiger partial charge in [-0.2, -0.15) is 0 Å². The lowest BCUT2D eigenvalue weighted by atomic mass is 9.95. The molecule has 0 radical (unpaired) electrons. The van der Waals surface area contributed by atoms with Crippen LogP contribution >= 0.6 is 11.5 Å². The van der Waals surface area contributed by atoms with E-state index in [9.17, 15) is 4.79 Å². The minimum atomic E-state index is 0.249. The number of para-hydroxylation sites is 1. The number of amides is 1. The normalized spacial score (nSPS) is 21.2. The summed E-state index contributed by atoms with van der Waals surface area (Å²) in [4.78, 5) is 19.5. The largest absolute Gasteiger partial charge is 0.492 e. The second-order valence-corrected chi connectivity index (χ2v) is 8.40. The second kappa shape index (κ2) is 10.1. The summed E-state index contributed by atoms with van der Waals surface area (Å²) in [6.07, 6.45) is 2.14. The van der Waals surface area contributed by atoms with Crippen molar-refractivity contribution in [3.63, 3.8) is 0 Å². The van der Waals surface area contributed by atoms with Gasteiger partial charge in [0.1, 0.15) is 12.4 Å². The lowest BCUT2D eigenvalue weighted by Crippen LogP contribution is -2.51. The Hall–Kier alpha value is -2.03. The molecule has 2 aromatic rings. The van der Waals surface area contributed by atoms with E-state index < -0.39 is 0 Å². The summed E-state index contributed by atoms with van der Waals surface area (Å²) in [5.74, 6) is 1.51. The van der Waals surface area contributed by atoms with Gasteiger partial charge < -0.3 is 9.64 Å². The van der Waals surface area contributed by atoms with Crippen molar-refractivity contribution in [3.05, 3.63) is 41.4 Å². The summed E-state index contributed by atoms with van der Waals surface area (Å²) in [5.41, 5.74) is 1.04. The molecule has 1 aromatic heterocycles. The fourth-order valence-corrected chi connectivity index (χ4v) is 4.60. The van der Waals surface area contributed by atoms with Gasteiger partial charge in [0.05, 0.1) is 12.2 Å². The van der Waals surface area contributed by atoms with Crippen LogP contribution in [0.2, 0.25) is 0 Å². The Balaban J connectivity index is 1.16. The number of benzene rings is 1. The zero-order valence-corrected chi connectivity index (χ0v) is 17.6. The van der Waals surface area contributed by atoms with Gasteiger partial charge in [0.2, 0.25) is 5.91 Å². The van der Waals surface area contributed by atoms with Gasteiger partial charge in [-0.05, 0) is 36.5 Å². The number of piperidine rings is 1. The summed E-state index contributed by atoms with van der Waals surface area (Å²) < 4.78 is 9.77. The third-order valence-corrected chi connectivity index (χ3v) is 6.34. The van der Waals surface area contributed by atoms with Crippen LogP contribution in [-0.2, 0) is 4.79 Å². The van der Waals surface area contributed by atoms with Crippen LogP contribution in [0.1, 0.15) is 24.5 Å². The van der Waals surface area contributed by atoms with Crippen LogP contribution in [0.5, 0.6) is 5.75 Å². The van der Waals surface area contributed by atoms with Gasteiger partial charge in [-0.15, -0.1) is 5.10 Å². The molecule has 2 aliphatic heterocycles. The van der Waals surface area contributed by atoms with Crippen LogP contribution in [0, 0.1) is 0 Å². The number of likely N-dealkylation sites (tertiary alicyclic amines) is 1. The first-order chi connectivity index (χ1) is 14.3. The van der Waals surface area contributed by atoms with Gasteiger partial charge in [-0.1, -0.05) is 22.7 Å². The van der Waals surface area contributed by atoms with Crippen LogP contribution in [0.4, 0.5) is 0 Å². The van der Waals surface area contributed by atoms with Crippen LogP contribution in [0.25, 0.3) is 0 Å². The Morgan fingerprint density at radius 1 is 1.10 bits per heavy atom. The number of aromatic nitrogens is 2. The highest BCUT2D eigenvalue weighted by molar-refractivity contribution is 7.03. The number of carbonyl (C=O) groups is 1. The molecule has 0 unspecified atom stereocenters. The Kier molecular flexibility index (Phi) is 7.08. The summed E-state index contributed by atoms with van der Waals surface area (Å²) in [6.45, 7) is 7.63. The molecule has 1 atom stereocenters. The van der Waals surface area contributed by atoms with Gasteiger partial charge in [-0.25, -0.2) is 0 Å². The standard InChI is InChI=1S/C21H29N5O2S/c27-21(26-8-4-5-18(15-26)20-17-29-23-22-20)16-25-11-9-24(10-12-25)13-14-28-19-6-2-1-3-7-19/h1-3,6-7,17-18H,4-5,8-16H2/t18-/m0/s1.